The molecule has 0 spiro atoms. The molecule has 0 amide bonds. The Morgan fingerprint density at radius 1 is 1.08 bits per heavy atom. The molecule has 25 heavy (non-hydrogen) atoms. The first-order valence-electron chi connectivity index (χ1n) is 7.55. The lowest BCUT2D eigenvalue weighted by molar-refractivity contribution is -0.384. The highest BCUT2D eigenvalue weighted by molar-refractivity contribution is 5.90. The number of nitrogens with zero attached hydrogens (tertiary/aromatic N) is 1. The summed E-state index contributed by atoms with van der Waals surface area (Å²) in [6.07, 6.45) is -0.0860. The Labute approximate surface area is 140 Å². The van der Waals surface area contributed by atoms with Gasteiger partial charge < -0.3 is 9.15 Å². The Morgan fingerprint density at radius 2 is 1.88 bits per heavy atom. The van der Waals surface area contributed by atoms with Crippen LogP contribution < -0.4 is 10.4 Å². The molecular formula is C18H11NO6. The van der Waals surface area contributed by atoms with E-state index in [-0.39, 0.29) is 23.4 Å². The van der Waals surface area contributed by atoms with E-state index in [1.807, 2.05) is 0 Å². The number of hydrogen-bond donors (Lipinski definition) is 0. The highest BCUT2D eigenvalue weighted by atomic mass is 16.6. The fourth-order valence-corrected chi connectivity index (χ4v) is 3.11. The van der Waals surface area contributed by atoms with Gasteiger partial charge in [0.05, 0.1) is 22.3 Å². The summed E-state index contributed by atoms with van der Waals surface area (Å²) in [7, 11) is 0. The van der Waals surface area contributed by atoms with Crippen LogP contribution in [0.4, 0.5) is 5.69 Å². The van der Waals surface area contributed by atoms with Crippen molar-refractivity contribution in [3.8, 4) is 5.75 Å². The zero-order valence-corrected chi connectivity index (χ0v) is 12.8. The summed E-state index contributed by atoms with van der Waals surface area (Å²) in [4.78, 5) is 35.1. The zero-order valence-electron chi connectivity index (χ0n) is 12.8. The molecule has 0 bridgehead atoms. The van der Waals surface area contributed by atoms with Gasteiger partial charge in [0.25, 0.3) is 5.69 Å². The summed E-state index contributed by atoms with van der Waals surface area (Å²) in [5, 5.41) is 11.5. The van der Waals surface area contributed by atoms with Crippen LogP contribution in [0.25, 0.3) is 11.0 Å². The second-order valence-corrected chi connectivity index (χ2v) is 5.71. The number of non-ortho nitro benzene ring substituents is 1. The highest BCUT2D eigenvalue weighted by Crippen LogP contribution is 2.41. The molecule has 0 N–H and O–H groups in total. The van der Waals surface area contributed by atoms with Gasteiger partial charge in [0.15, 0.2) is 5.75 Å². The lowest BCUT2D eigenvalue weighted by Crippen LogP contribution is -2.26. The van der Waals surface area contributed by atoms with Gasteiger partial charge in [-0.25, -0.2) is 4.79 Å². The quantitative estimate of drug-likeness (QED) is 0.308. The second-order valence-electron chi connectivity index (χ2n) is 5.71. The van der Waals surface area contributed by atoms with Gasteiger partial charge in [-0.05, 0) is 17.7 Å². The van der Waals surface area contributed by atoms with Gasteiger partial charge in [-0.2, -0.15) is 0 Å². The number of nitro groups is 1. The highest BCUT2D eigenvalue weighted by Gasteiger charge is 2.34. The maximum absolute atomic E-state index is 12.5. The smallest absolute Gasteiger partial charge is 0.343 e. The van der Waals surface area contributed by atoms with Crippen LogP contribution in [0.2, 0.25) is 0 Å². The van der Waals surface area contributed by atoms with Crippen LogP contribution in [0.5, 0.6) is 5.75 Å². The molecule has 2 aromatic carbocycles. The molecule has 0 fully saturated rings. The van der Waals surface area contributed by atoms with Crippen molar-refractivity contribution in [2.45, 2.75) is 12.3 Å². The number of fused-ring (bicyclic) bond motifs is 3. The molecule has 124 valence electrons. The summed E-state index contributed by atoms with van der Waals surface area (Å²) in [6, 6.07) is 12.6. The van der Waals surface area contributed by atoms with Gasteiger partial charge in [0.1, 0.15) is 5.58 Å². The third kappa shape index (κ3) is 2.46. The fraction of sp³-hybridized carbons (Fsp3) is 0.111. The van der Waals surface area contributed by atoms with Crippen LogP contribution in [0, 0.1) is 10.1 Å². The van der Waals surface area contributed by atoms with Gasteiger partial charge >= 0.3 is 11.6 Å². The molecule has 0 radical (unpaired) electrons. The van der Waals surface area contributed by atoms with E-state index in [4.69, 9.17) is 9.15 Å². The molecule has 1 aliphatic heterocycles. The van der Waals surface area contributed by atoms with Crippen molar-refractivity contribution < 1.29 is 18.9 Å². The predicted octanol–water partition coefficient (Wildman–Crippen LogP) is 3.14. The van der Waals surface area contributed by atoms with Crippen LogP contribution >= 0.6 is 0 Å². The molecule has 1 aromatic heterocycles. The van der Waals surface area contributed by atoms with Crippen LogP contribution in [0.1, 0.15) is 23.5 Å². The zero-order chi connectivity index (χ0) is 17.6. The van der Waals surface area contributed by atoms with Crippen LogP contribution in [0.3, 0.4) is 0 Å². The van der Waals surface area contributed by atoms with Crippen molar-refractivity contribution in [2.75, 3.05) is 0 Å². The number of nitro benzene ring substituents is 1. The number of hydrogen-bond acceptors (Lipinski definition) is 6. The number of carbonyl (C=O) groups is 1. The molecule has 1 atom stereocenters. The molecule has 0 saturated heterocycles. The number of ether oxygens (including phenoxy) is 1. The summed E-state index contributed by atoms with van der Waals surface area (Å²) in [5.74, 6) is -0.989. The second kappa shape index (κ2) is 5.55. The molecule has 7 heteroatoms. The van der Waals surface area contributed by atoms with E-state index in [2.05, 4.69) is 0 Å². The molecule has 2 heterocycles. The van der Waals surface area contributed by atoms with Crippen molar-refractivity contribution in [3.05, 3.63) is 80.2 Å². The molecule has 3 aromatic rings. The SMILES string of the molecule is O=C1C[C@H](c2cccc([N+](=O)[O-])c2)c2c(c3ccccc3oc2=O)O1. The van der Waals surface area contributed by atoms with Crippen molar-refractivity contribution >= 4 is 22.6 Å². The average Bonchev–Trinajstić information content (AvgIpc) is 2.61. The molecule has 7 nitrogen and oxygen atoms in total. The largest absolute Gasteiger partial charge is 0.425 e. The maximum Gasteiger partial charge on any atom is 0.343 e. The first kappa shape index (κ1) is 15.1. The molecule has 0 unspecified atom stereocenters. The molecule has 0 aliphatic carbocycles. The van der Waals surface area contributed by atoms with E-state index in [1.54, 1.807) is 30.3 Å². The van der Waals surface area contributed by atoms with Crippen LogP contribution in [-0.2, 0) is 4.79 Å². The summed E-state index contributed by atoms with van der Waals surface area (Å²) in [5.41, 5.74) is 0.299. The van der Waals surface area contributed by atoms with E-state index in [9.17, 15) is 19.7 Å². The maximum atomic E-state index is 12.5. The van der Waals surface area contributed by atoms with Gasteiger partial charge in [0, 0.05) is 18.1 Å². The van der Waals surface area contributed by atoms with Crippen molar-refractivity contribution in [1.29, 1.82) is 0 Å². The lowest BCUT2D eigenvalue weighted by atomic mass is 9.86. The number of benzene rings is 2. The summed E-state index contributed by atoms with van der Waals surface area (Å²) in [6.45, 7) is 0. The molecule has 4 rings (SSSR count). The number of esters is 1. The van der Waals surface area contributed by atoms with Gasteiger partial charge in [-0.3, -0.25) is 14.9 Å². The van der Waals surface area contributed by atoms with E-state index in [0.717, 1.165) is 0 Å². The minimum atomic E-state index is -0.656. The van der Waals surface area contributed by atoms with Crippen molar-refractivity contribution in [3.63, 3.8) is 0 Å². The molecular weight excluding hydrogens is 326 g/mol. The summed E-state index contributed by atoms with van der Waals surface area (Å²) < 4.78 is 10.7. The third-order valence-corrected chi connectivity index (χ3v) is 4.22. The Morgan fingerprint density at radius 3 is 2.68 bits per heavy atom. The topological polar surface area (TPSA) is 99.6 Å². The van der Waals surface area contributed by atoms with Crippen LogP contribution in [-0.4, -0.2) is 10.9 Å². The monoisotopic (exact) mass is 337 g/mol. The van der Waals surface area contributed by atoms with Crippen LogP contribution in [0.15, 0.2) is 57.7 Å². The van der Waals surface area contributed by atoms with Gasteiger partial charge in [-0.15, -0.1) is 0 Å². The van der Waals surface area contributed by atoms with E-state index >= 15 is 0 Å². The predicted molar refractivity (Wildman–Crippen MR) is 87.7 cm³/mol. The number of carbonyl (C=O) groups excluding carboxylic acids is 1. The van der Waals surface area contributed by atoms with Crippen molar-refractivity contribution in [2.24, 2.45) is 0 Å². The number of para-hydroxylation sites is 1. The Kier molecular flexibility index (Phi) is 3.35. The van der Waals surface area contributed by atoms with Gasteiger partial charge in [-0.1, -0.05) is 24.3 Å². The normalized spacial score (nSPS) is 16.3. The summed E-state index contributed by atoms with van der Waals surface area (Å²) >= 11 is 0. The minimum Gasteiger partial charge on any atom is -0.425 e. The average molecular weight is 337 g/mol. The molecule has 0 saturated carbocycles. The first-order chi connectivity index (χ1) is 12.0. The van der Waals surface area contributed by atoms with Crippen molar-refractivity contribution in [1.82, 2.24) is 0 Å². The van der Waals surface area contributed by atoms with E-state index in [1.165, 1.54) is 18.2 Å². The molecule has 1 aliphatic rings. The standard InChI is InChI=1S/C18H11NO6/c20-15-9-13(10-4-3-5-11(8-10)19(22)23)16-17(25-15)12-6-1-2-7-14(12)24-18(16)21/h1-8,13H,9H2/t13-/m1/s1. The van der Waals surface area contributed by atoms with E-state index in [0.29, 0.717) is 16.5 Å². The lowest BCUT2D eigenvalue weighted by Gasteiger charge is -2.24. The van der Waals surface area contributed by atoms with E-state index < -0.39 is 22.4 Å². The third-order valence-electron chi connectivity index (χ3n) is 4.22. The minimum absolute atomic E-state index is 0.0860. The van der Waals surface area contributed by atoms with Gasteiger partial charge in [0.2, 0.25) is 0 Å². The number of rotatable bonds is 2. The fourth-order valence-electron chi connectivity index (χ4n) is 3.11. The Bertz CT molecular complexity index is 1080. The Hall–Kier alpha value is -3.48. The Balaban J connectivity index is 1.98. The first-order valence-corrected chi connectivity index (χ1v) is 7.55.